The number of rotatable bonds is 7. The maximum absolute atomic E-state index is 12.0. The molecule has 0 bridgehead atoms. The summed E-state index contributed by atoms with van der Waals surface area (Å²) in [6.45, 7) is 1.03. The highest BCUT2D eigenvalue weighted by Crippen LogP contribution is 1.99. The molecule has 5 heteroatoms. The maximum atomic E-state index is 12.0. The van der Waals surface area contributed by atoms with Crippen LogP contribution < -0.4 is 10.6 Å². The molecule has 1 aromatic carbocycles. The highest BCUT2D eigenvalue weighted by atomic mass is 16.1. The Morgan fingerprint density at radius 3 is 2.57 bits per heavy atom. The van der Waals surface area contributed by atoms with Gasteiger partial charge in [0.1, 0.15) is 11.6 Å². The average molecular weight is 306 g/mol. The second-order valence-corrected chi connectivity index (χ2v) is 4.90. The van der Waals surface area contributed by atoms with E-state index in [-0.39, 0.29) is 11.5 Å². The van der Waals surface area contributed by atoms with Crippen LogP contribution in [0.5, 0.6) is 0 Å². The van der Waals surface area contributed by atoms with Gasteiger partial charge in [-0.3, -0.25) is 9.78 Å². The third-order valence-electron chi connectivity index (χ3n) is 3.21. The number of hydrogen-bond acceptors (Lipinski definition) is 4. The van der Waals surface area contributed by atoms with E-state index in [0.717, 1.165) is 17.5 Å². The van der Waals surface area contributed by atoms with Gasteiger partial charge in [0.25, 0.3) is 5.91 Å². The number of carbonyl (C=O) groups excluding carboxylic acids is 1. The Morgan fingerprint density at radius 2 is 1.87 bits per heavy atom. The van der Waals surface area contributed by atoms with E-state index in [0.29, 0.717) is 13.1 Å². The van der Waals surface area contributed by atoms with Crippen LogP contribution in [0.4, 0.5) is 0 Å². The van der Waals surface area contributed by atoms with Crippen molar-refractivity contribution >= 4 is 5.91 Å². The molecule has 2 aromatic rings. The summed E-state index contributed by atoms with van der Waals surface area (Å²) < 4.78 is 0. The van der Waals surface area contributed by atoms with Crippen LogP contribution in [-0.4, -0.2) is 17.4 Å². The van der Waals surface area contributed by atoms with E-state index in [4.69, 9.17) is 5.26 Å². The molecule has 116 valence electrons. The van der Waals surface area contributed by atoms with Gasteiger partial charge in [-0.15, -0.1) is 0 Å². The van der Waals surface area contributed by atoms with Gasteiger partial charge in [-0.05, 0) is 29.7 Å². The van der Waals surface area contributed by atoms with E-state index < -0.39 is 0 Å². The zero-order valence-corrected chi connectivity index (χ0v) is 12.7. The monoisotopic (exact) mass is 306 g/mol. The fourth-order valence-corrected chi connectivity index (χ4v) is 1.98. The Kier molecular flexibility index (Phi) is 6.36. The topological polar surface area (TPSA) is 77.8 Å². The van der Waals surface area contributed by atoms with Crippen molar-refractivity contribution in [3.63, 3.8) is 0 Å². The maximum Gasteiger partial charge on any atom is 0.263 e. The normalized spacial score (nSPS) is 10.7. The number of hydrogen-bond donors (Lipinski definition) is 2. The molecular formula is C18H18N4O. The lowest BCUT2D eigenvalue weighted by atomic mass is 10.1. The highest BCUT2D eigenvalue weighted by Gasteiger charge is 2.07. The number of carbonyl (C=O) groups is 1. The number of pyridine rings is 1. The molecule has 0 saturated carbocycles. The molecule has 0 fully saturated rings. The molecule has 23 heavy (non-hydrogen) atoms. The summed E-state index contributed by atoms with van der Waals surface area (Å²) in [4.78, 5) is 15.9. The molecule has 2 rings (SSSR count). The van der Waals surface area contributed by atoms with Gasteiger partial charge in [0.15, 0.2) is 0 Å². The number of benzene rings is 1. The standard InChI is InChI=1S/C18H18N4O/c19-12-17(14-21-13-16-6-9-20-10-7-16)18(23)22-11-8-15-4-2-1-3-5-15/h1-7,9-10,14,21H,8,11,13H2,(H,22,23)/b17-14-. The number of aromatic nitrogens is 1. The molecule has 2 N–H and O–H groups in total. The van der Waals surface area contributed by atoms with Crippen molar-refractivity contribution in [2.45, 2.75) is 13.0 Å². The Bertz CT molecular complexity index is 690. The predicted molar refractivity (Wildman–Crippen MR) is 87.9 cm³/mol. The van der Waals surface area contributed by atoms with Crippen molar-refractivity contribution in [3.05, 3.63) is 77.8 Å². The average Bonchev–Trinajstić information content (AvgIpc) is 2.60. The lowest BCUT2D eigenvalue weighted by Crippen LogP contribution is -2.27. The summed E-state index contributed by atoms with van der Waals surface area (Å²) in [7, 11) is 0. The van der Waals surface area contributed by atoms with Gasteiger partial charge in [-0.2, -0.15) is 5.26 Å². The molecule has 0 spiro atoms. The number of nitrogens with zero attached hydrogens (tertiary/aromatic N) is 2. The summed E-state index contributed by atoms with van der Waals surface area (Å²) in [5.74, 6) is -0.370. The molecule has 0 aliphatic rings. The summed E-state index contributed by atoms with van der Waals surface area (Å²) >= 11 is 0. The van der Waals surface area contributed by atoms with Gasteiger partial charge < -0.3 is 10.6 Å². The van der Waals surface area contributed by atoms with Gasteiger partial charge in [0, 0.05) is 31.7 Å². The third kappa shape index (κ3) is 5.64. The minimum atomic E-state index is -0.370. The lowest BCUT2D eigenvalue weighted by molar-refractivity contribution is -0.117. The third-order valence-corrected chi connectivity index (χ3v) is 3.21. The van der Waals surface area contributed by atoms with E-state index in [1.165, 1.54) is 6.20 Å². The molecule has 1 aromatic heterocycles. The van der Waals surface area contributed by atoms with Gasteiger partial charge in [0.2, 0.25) is 0 Å². The molecular weight excluding hydrogens is 288 g/mol. The van der Waals surface area contributed by atoms with Crippen LogP contribution in [-0.2, 0) is 17.8 Å². The fourth-order valence-electron chi connectivity index (χ4n) is 1.98. The zero-order valence-electron chi connectivity index (χ0n) is 12.7. The van der Waals surface area contributed by atoms with Crippen molar-refractivity contribution in [1.29, 1.82) is 5.26 Å². The van der Waals surface area contributed by atoms with Crippen molar-refractivity contribution in [1.82, 2.24) is 15.6 Å². The van der Waals surface area contributed by atoms with Gasteiger partial charge in [0.05, 0.1) is 0 Å². The van der Waals surface area contributed by atoms with E-state index in [9.17, 15) is 4.79 Å². The SMILES string of the molecule is N#C/C(=C/NCc1ccncc1)C(=O)NCCc1ccccc1. The minimum Gasteiger partial charge on any atom is -0.386 e. The van der Waals surface area contributed by atoms with E-state index >= 15 is 0 Å². The Hall–Kier alpha value is -3.13. The molecule has 0 saturated heterocycles. The summed E-state index contributed by atoms with van der Waals surface area (Å²) in [5.41, 5.74) is 2.23. The first-order valence-electron chi connectivity index (χ1n) is 7.34. The second kappa shape index (κ2) is 9.00. The smallest absolute Gasteiger partial charge is 0.263 e. The van der Waals surface area contributed by atoms with Gasteiger partial charge in [-0.1, -0.05) is 30.3 Å². The van der Waals surface area contributed by atoms with Crippen LogP contribution in [0, 0.1) is 11.3 Å². The van der Waals surface area contributed by atoms with E-state index in [1.807, 2.05) is 48.5 Å². The van der Waals surface area contributed by atoms with E-state index in [1.54, 1.807) is 12.4 Å². The molecule has 0 atom stereocenters. The Labute approximate surface area is 135 Å². The molecule has 5 nitrogen and oxygen atoms in total. The van der Waals surface area contributed by atoms with Gasteiger partial charge >= 0.3 is 0 Å². The van der Waals surface area contributed by atoms with Crippen molar-refractivity contribution in [3.8, 4) is 6.07 Å². The fraction of sp³-hybridized carbons (Fsp3) is 0.167. The first kappa shape index (κ1) is 16.2. The Morgan fingerprint density at radius 1 is 1.13 bits per heavy atom. The van der Waals surface area contributed by atoms with Crippen LogP contribution in [0.1, 0.15) is 11.1 Å². The van der Waals surface area contributed by atoms with Crippen LogP contribution >= 0.6 is 0 Å². The molecule has 0 unspecified atom stereocenters. The van der Waals surface area contributed by atoms with Crippen molar-refractivity contribution < 1.29 is 4.79 Å². The van der Waals surface area contributed by atoms with Crippen molar-refractivity contribution in [2.24, 2.45) is 0 Å². The highest BCUT2D eigenvalue weighted by molar-refractivity contribution is 5.97. The van der Waals surface area contributed by atoms with Crippen LogP contribution in [0.3, 0.4) is 0 Å². The summed E-state index contributed by atoms with van der Waals surface area (Å²) in [5, 5.41) is 14.8. The van der Waals surface area contributed by atoms with Crippen LogP contribution in [0.15, 0.2) is 66.6 Å². The number of nitriles is 1. The largest absolute Gasteiger partial charge is 0.386 e. The Balaban J connectivity index is 1.79. The summed E-state index contributed by atoms with van der Waals surface area (Å²) in [6.07, 6.45) is 5.57. The lowest BCUT2D eigenvalue weighted by Gasteiger charge is -2.05. The minimum absolute atomic E-state index is 0.0621. The molecule has 0 radical (unpaired) electrons. The van der Waals surface area contributed by atoms with E-state index in [2.05, 4.69) is 15.6 Å². The molecule has 0 aliphatic carbocycles. The molecule has 0 aliphatic heterocycles. The second-order valence-electron chi connectivity index (χ2n) is 4.90. The first-order valence-corrected chi connectivity index (χ1v) is 7.34. The molecule has 1 amide bonds. The first-order chi connectivity index (χ1) is 11.3. The summed E-state index contributed by atoms with van der Waals surface area (Å²) in [6, 6.07) is 15.5. The number of nitrogens with one attached hydrogen (secondary N) is 2. The quantitative estimate of drug-likeness (QED) is 0.605. The van der Waals surface area contributed by atoms with Crippen LogP contribution in [0.2, 0.25) is 0 Å². The van der Waals surface area contributed by atoms with Gasteiger partial charge in [-0.25, -0.2) is 0 Å². The molecule has 1 heterocycles. The van der Waals surface area contributed by atoms with Crippen molar-refractivity contribution in [2.75, 3.05) is 6.54 Å². The van der Waals surface area contributed by atoms with Crippen LogP contribution in [0.25, 0.3) is 0 Å². The predicted octanol–water partition coefficient (Wildman–Crippen LogP) is 1.94. The number of amides is 1. The zero-order chi connectivity index (χ0) is 16.3.